The first-order valence-electron chi connectivity index (χ1n) is 7.88. The van der Waals surface area contributed by atoms with Gasteiger partial charge in [0.05, 0.1) is 13.7 Å². The molecular weight excluding hydrogens is 324 g/mol. The Hall–Kier alpha value is -1.95. The number of benzene rings is 1. The summed E-state index contributed by atoms with van der Waals surface area (Å²) in [6, 6.07) is 5.76. The number of hydrogen-bond donors (Lipinski definition) is 1. The molecule has 130 valence electrons. The fraction of sp³-hybridized carbons (Fsp3) is 0.444. The van der Waals surface area contributed by atoms with Crippen molar-refractivity contribution in [2.45, 2.75) is 32.3 Å². The number of aromatic amines is 1. The molecule has 24 heavy (non-hydrogen) atoms. The van der Waals surface area contributed by atoms with Crippen molar-refractivity contribution in [2.24, 2.45) is 5.92 Å². The van der Waals surface area contributed by atoms with Crippen molar-refractivity contribution in [3.05, 3.63) is 45.4 Å². The molecule has 0 aliphatic rings. The summed E-state index contributed by atoms with van der Waals surface area (Å²) in [5.41, 5.74) is 2.31. The molecule has 0 unspecified atom stereocenters. The van der Waals surface area contributed by atoms with Crippen LogP contribution in [0.25, 0.3) is 0 Å². The van der Waals surface area contributed by atoms with Gasteiger partial charge in [0.15, 0.2) is 16.7 Å². The van der Waals surface area contributed by atoms with Crippen LogP contribution in [0.5, 0.6) is 11.5 Å². The molecule has 5 nitrogen and oxygen atoms in total. The molecule has 6 heteroatoms. The lowest BCUT2D eigenvalue weighted by atomic mass is 10.0. The van der Waals surface area contributed by atoms with Crippen LogP contribution in [0.3, 0.4) is 0 Å². The normalized spacial score (nSPS) is 10.9. The van der Waals surface area contributed by atoms with Crippen molar-refractivity contribution in [1.82, 2.24) is 9.97 Å². The van der Waals surface area contributed by atoms with Crippen molar-refractivity contribution >= 4 is 11.8 Å². The number of methoxy groups -OCH3 is 1. The van der Waals surface area contributed by atoms with E-state index in [9.17, 15) is 4.79 Å². The van der Waals surface area contributed by atoms with Crippen LogP contribution in [0, 0.1) is 12.8 Å². The molecule has 0 spiro atoms. The second-order valence-electron chi connectivity index (χ2n) is 6.01. The Labute approximate surface area is 146 Å². The molecule has 1 aromatic carbocycles. The zero-order valence-corrected chi connectivity index (χ0v) is 15.6. The highest BCUT2D eigenvalue weighted by Crippen LogP contribution is 2.29. The van der Waals surface area contributed by atoms with E-state index in [0.717, 1.165) is 17.0 Å². The van der Waals surface area contributed by atoms with Crippen LogP contribution in [-0.4, -0.2) is 29.9 Å². The standard InChI is InChI=1S/C18H24N2O3S/c1-11(2)10-23-15-7-6-13(9-16(15)22-4)8-14-12(3)19-18(24-5)20-17(14)21/h6-7,9,11H,8,10H2,1-5H3,(H,19,20,21). The van der Waals surface area contributed by atoms with Gasteiger partial charge in [0.1, 0.15) is 0 Å². The topological polar surface area (TPSA) is 64.2 Å². The molecule has 0 atom stereocenters. The number of nitrogens with zero attached hydrogens (tertiary/aromatic N) is 1. The summed E-state index contributed by atoms with van der Waals surface area (Å²) in [4.78, 5) is 19.5. The number of H-pyrrole nitrogens is 1. The van der Waals surface area contributed by atoms with Gasteiger partial charge in [-0.3, -0.25) is 4.79 Å². The van der Waals surface area contributed by atoms with Gasteiger partial charge in [-0.05, 0) is 36.8 Å². The Morgan fingerprint density at radius 3 is 2.62 bits per heavy atom. The van der Waals surface area contributed by atoms with Gasteiger partial charge in [-0.2, -0.15) is 0 Å². The van der Waals surface area contributed by atoms with Crippen molar-refractivity contribution in [1.29, 1.82) is 0 Å². The molecule has 2 rings (SSSR count). The molecule has 1 heterocycles. The van der Waals surface area contributed by atoms with Crippen molar-refractivity contribution in [3.8, 4) is 11.5 Å². The fourth-order valence-electron chi connectivity index (χ4n) is 2.29. The lowest BCUT2D eigenvalue weighted by Crippen LogP contribution is -2.17. The van der Waals surface area contributed by atoms with E-state index in [1.807, 2.05) is 31.4 Å². The average Bonchev–Trinajstić information content (AvgIpc) is 2.56. The SMILES string of the molecule is COc1cc(Cc2c(C)nc(SC)[nH]c2=O)ccc1OCC(C)C. The molecule has 0 aliphatic heterocycles. The maximum Gasteiger partial charge on any atom is 0.255 e. The summed E-state index contributed by atoms with van der Waals surface area (Å²) in [7, 11) is 1.62. The molecule has 0 aliphatic carbocycles. The minimum absolute atomic E-state index is 0.0917. The molecular formula is C18H24N2O3S. The van der Waals surface area contributed by atoms with E-state index < -0.39 is 0 Å². The summed E-state index contributed by atoms with van der Waals surface area (Å²) in [5.74, 6) is 1.84. The van der Waals surface area contributed by atoms with E-state index >= 15 is 0 Å². The highest BCUT2D eigenvalue weighted by molar-refractivity contribution is 7.98. The second-order valence-corrected chi connectivity index (χ2v) is 6.80. The van der Waals surface area contributed by atoms with Crippen LogP contribution in [0.2, 0.25) is 0 Å². The summed E-state index contributed by atoms with van der Waals surface area (Å²) in [6.45, 7) is 6.69. The minimum Gasteiger partial charge on any atom is -0.493 e. The average molecular weight is 348 g/mol. The van der Waals surface area contributed by atoms with Gasteiger partial charge in [-0.25, -0.2) is 4.98 Å². The Morgan fingerprint density at radius 2 is 2.04 bits per heavy atom. The number of aromatic nitrogens is 2. The second kappa shape index (κ2) is 8.24. The largest absolute Gasteiger partial charge is 0.493 e. The maximum atomic E-state index is 12.3. The summed E-state index contributed by atoms with van der Waals surface area (Å²) in [6.07, 6.45) is 2.39. The Bertz CT molecular complexity index is 756. The van der Waals surface area contributed by atoms with Crippen LogP contribution in [-0.2, 0) is 6.42 Å². The van der Waals surface area contributed by atoms with Crippen LogP contribution >= 0.6 is 11.8 Å². The Kier molecular flexibility index (Phi) is 6.31. The van der Waals surface area contributed by atoms with E-state index in [2.05, 4.69) is 23.8 Å². The predicted molar refractivity (Wildman–Crippen MR) is 97.5 cm³/mol. The monoisotopic (exact) mass is 348 g/mol. The minimum atomic E-state index is -0.0917. The van der Waals surface area contributed by atoms with Gasteiger partial charge in [0, 0.05) is 17.7 Å². The van der Waals surface area contributed by atoms with E-state index in [1.54, 1.807) is 7.11 Å². The number of aryl methyl sites for hydroxylation is 1. The van der Waals surface area contributed by atoms with E-state index in [-0.39, 0.29) is 5.56 Å². The van der Waals surface area contributed by atoms with E-state index in [1.165, 1.54) is 11.8 Å². The summed E-state index contributed by atoms with van der Waals surface area (Å²) in [5, 5.41) is 0.635. The first-order valence-corrected chi connectivity index (χ1v) is 9.10. The quantitative estimate of drug-likeness (QED) is 0.613. The molecule has 0 radical (unpaired) electrons. The Morgan fingerprint density at radius 1 is 1.29 bits per heavy atom. The smallest absolute Gasteiger partial charge is 0.255 e. The first-order chi connectivity index (χ1) is 11.4. The number of thioether (sulfide) groups is 1. The fourth-order valence-corrected chi connectivity index (χ4v) is 2.71. The zero-order valence-electron chi connectivity index (χ0n) is 14.8. The molecule has 0 saturated heterocycles. The summed E-state index contributed by atoms with van der Waals surface area (Å²) < 4.78 is 11.2. The van der Waals surface area contributed by atoms with Crippen molar-refractivity contribution in [3.63, 3.8) is 0 Å². The molecule has 1 aromatic heterocycles. The van der Waals surface area contributed by atoms with Gasteiger partial charge in [-0.1, -0.05) is 31.7 Å². The van der Waals surface area contributed by atoms with Gasteiger partial charge >= 0.3 is 0 Å². The molecule has 0 saturated carbocycles. The number of ether oxygens (including phenoxy) is 2. The number of nitrogens with one attached hydrogen (secondary N) is 1. The lowest BCUT2D eigenvalue weighted by Gasteiger charge is -2.14. The third kappa shape index (κ3) is 4.54. The third-order valence-corrected chi connectivity index (χ3v) is 4.16. The third-order valence-electron chi connectivity index (χ3n) is 3.57. The van der Waals surface area contributed by atoms with Gasteiger partial charge < -0.3 is 14.5 Å². The highest BCUT2D eigenvalue weighted by Gasteiger charge is 2.12. The van der Waals surface area contributed by atoms with Gasteiger partial charge in [-0.15, -0.1) is 0 Å². The van der Waals surface area contributed by atoms with E-state index in [0.29, 0.717) is 35.4 Å². The van der Waals surface area contributed by atoms with Gasteiger partial charge in [0.2, 0.25) is 0 Å². The lowest BCUT2D eigenvalue weighted by molar-refractivity contribution is 0.257. The first kappa shape index (κ1) is 18.4. The maximum absolute atomic E-state index is 12.3. The molecule has 1 N–H and O–H groups in total. The van der Waals surface area contributed by atoms with Gasteiger partial charge in [0.25, 0.3) is 5.56 Å². The molecule has 0 bridgehead atoms. The highest BCUT2D eigenvalue weighted by atomic mass is 32.2. The van der Waals surface area contributed by atoms with Crippen molar-refractivity contribution < 1.29 is 9.47 Å². The van der Waals surface area contributed by atoms with Crippen LogP contribution < -0.4 is 15.0 Å². The predicted octanol–water partition coefficient (Wildman–Crippen LogP) is 3.43. The number of hydrogen-bond acceptors (Lipinski definition) is 5. The summed E-state index contributed by atoms with van der Waals surface area (Å²) >= 11 is 1.42. The van der Waals surface area contributed by atoms with Crippen molar-refractivity contribution in [2.75, 3.05) is 20.0 Å². The number of rotatable bonds is 7. The van der Waals surface area contributed by atoms with Crippen LogP contribution in [0.15, 0.2) is 28.2 Å². The Balaban J connectivity index is 2.26. The molecule has 0 fully saturated rings. The molecule has 2 aromatic rings. The van der Waals surface area contributed by atoms with Crippen LogP contribution in [0.1, 0.15) is 30.7 Å². The molecule has 0 amide bonds. The van der Waals surface area contributed by atoms with Crippen LogP contribution in [0.4, 0.5) is 0 Å². The van der Waals surface area contributed by atoms with E-state index in [4.69, 9.17) is 9.47 Å². The zero-order chi connectivity index (χ0) is 17.7.